The summed E-state index contributed by atoms with van der Waals surface area (Å²) < 4.78 is 47.2. The van der Waals surface area contributed by atoms with Gasteiger partial charge < -0.3 is 10.1 Å². The van der Waals surface area contributed by atoms with Crippen LogP contribution in [0.25, 0.3) is 16.6 Å². The monoisotopic (exact) mass is 481 g/mol. The normalized spacial score (nSPS) is 12.8. The van der Waals surface area contributed by atoms with E-state index in [1.807, 2.05) is 0 Å². The van der Waals surface area contributed by atoms with Crippen molar-refractivity contribution in [1.82, 2.24) is 14.9 Å². The first-order valence-electron chi connectivity index (χ1n) is 10.2. The molecule has 33 heavy (non-hydrogen) atoms. The number of nitrogens with one attached hydrogen (secondary N) is 1. The van der Waals surface area contributed by atoms with Gasteiger partial charge in [-0.3, -0.25) is 9.36 Å². The summed E-state index contributed by atoms with van der Waals surface area (Å²) >= 11 is 6.22. The number of carbonyl (C=O) groups is 1. The van der Waals surface area contributed by atoms with Gasteiger partial charge in [0.1, 0.15) is 17.2 Å². The number of halogens is 4. The van der Waals surface area contributed by atoms with Crippen LogP contribution in [0.5, 0.6) is 0 Å². The van der Waals surface area contributed by atoms with Gasteiger partial charge in [0.05, 0.1) is 27.7 Å². The van der Waals surface area contributed by atoms with Gasteiger partial charge >= 0.3 is 6.09 Å². The zero-order valence-electron chi connectivity index (χ0n) is 18.5. The maximum Gasteiger partial charge on any atom is 0.408 e. The molecular formula is C23H23ClF3N3O3. The molecule has 1 N–H and O–H groups in total. The molecule has 0 fully saturated rings. The van der Waals surface area contributed by atoms with Crippen LogP contribution in [0.3, 0.4) is 0 Å². The molecule has 3 rings (SSSR count). The highest BCUT2D eigenvalue weighted by molar-refractivity contribution is 6.35. The highest BCUT2D eigenvalue weighted by Gasteiger charge is 2.26. The predicted octanol–water partition coefficient (Wildman–Crippen LogP) is 6.09. The molecule has 176 valence electrons. The second-order valence-electron chi connectivity index (χ2n) is 8.40. The van der Waals surface area contributed by atoms with Crippen LogP contribution in [0.4, 0.5) is 18.0 Å². The van der Waals surface area contributed by atoms with Gasteiger partial charge in [0.25, 0.3) is 12.0 Å². The summed E-state index contributed by atoms with van der Waals surface area (Å²) in [7, 11) is 0. The minimum atomic E-state index is -2.96. The number of benzene rings is 2. The molecule has 1 unspecified atom stereocenters. The zero-order chi connectivity index (χ0) is 24.5. The number of alkyl carbamates (subject to hydrolysis) is 1. The van der Waals surface area contributed by atoms with Gasteiger partial charge in [0.2, 0.25) is 0 Å². The molecule has 0 aliphatic carbocycles. The standard InChI is InChI=1S/C23H23ClF3N3O3/c1-5-16(29-22(32)33-23(2,3)4)20-28-17-8-6-7-15(24)18(17)21(31)30(20)14-10-12(19(26)27)9-13(25)11-14/h6-11,16,19H,5H2,1-4H3,(H,29,32). The van der Waals surface area contributed by atoms with Crippen LogP contribution in [-0.2, 0) is 4.74 Å². The quantitative estimate of drug-likeness (QED) is 0.478. The number of nitrogens with zero attached hydrogens (tertiary/aromatic N) is 2. The molecule has 2 aromatic carbocycles. The molecule has 0 saturated heterocycles. The highest BCUT2D eigenvalue weighted by Crippen LogP contribution is 2.27. The second-order valence-corrected chi connectivity index (χ2v) is 8.80. The summed E-state index contributed by atoms with van der Waals surface area (Å²) in [6.45, 7) is 6.81. The predicted molar refractivity (Wildman–Crippen MR) is 120 cm³/mol. The Morgan fingerprint density at radius 2 is 1.94 bits per heavy atom. The van der Waals surface area contributed by atoms with E-state index in [-0.39, 0.29) is 33.9 Å². The lowest BCUT2D eigenvalue weighted by Crippen LogP contribution is -2.37. The maximum atomic E-state index is 14.2. The molecule has 3 aromatic rings. The van der Waals surface area contributed by atoms with Crippen LogP contribution >= 0.6 is 11.6 Å². The van der Waals surface area contributed by atoms with Gasteiger partial charge in [-0.05, 0) is 57.5 Å². The lowest BCUT2D eigenvalue weighted by atomic mass is 10.1. The molecule has 10 heteroatoms. The van der Waals surface area contributed by atoms with Gasteiger partial charge in [-0.2, -0.15) is 0 Å². The average Bonchev–Trinajstić information content (AvgIpc) is 2.69. The van der Waals surface area contributed by atoms with Gasteiger partial charge in [0.15, 0.2) is 0 Å². The Kier molecular flexibility index (Phi) is 7.02. The lowest BCUT2D eigenvalue weighted by molar-refractivity contribution is 0.0499. The lowest BCUT2D eigenvalue weighted by Gasteiger charge is -2.25. The van der Waals surface area contributed by atoms with E-state index in [1.165, 1.54) is 6.07 Å². The fourth-order valence-corrected chi connectivity index (χ4v) is 3.59. The van der Waals surface area contributed by atoms with Gasteiger partial charge in [0, 0.05) is 5.56 Å². The molecule has 0 saturated carbocycles. The Balaban J connectivity index is 2.28. The van der Waals surface area contributed by atoms with Crippen molar-refractivity contribution in [2.45, 2.75) is 52.2 Å². The number of hydrogen-bond acceptors (Lipinski definition) is 4. The molecule has 1 aromatic heterocycles. The van der Waals surface area contributed by atoms with Crippen LogP contribution in [-0.4, -0.2) is 21.2 Å². The Morgan fingerprint density at radius 1 is 1.24 bits per heavy atom. The van der Waals surface area contributed by atoms with Crippen LogP contribution in [0, 0.1) is 5.82 Å². The summed E-state index contributed by atoms with van der Waals surface area (Å²) in [5.74, 6) is -0.929. The van der Waals surface area contributed by atoms with Gasteiger partial charge in [-0.1, -0.05) is 24.6 Å². The van der Waals surface area contributed by atoms with E-state index in [0.29, 0.717) is 6.07 Å². The average molecular weight is 482 g/mol. The molecule has 6 nitrogen and oxygen atoms in total. The van der Waals surface area contributed by atoms with E-state index in [0.717, 1.165) is 16.7 Å². The third-order valence-electron chi connectivity index (χ3n) is 4.70. The van der Waals surface area contributed by atoms with Crippen molar-refractivity contribution in [2.75, 3.05) is 0 Å². The maximum absolute atomic E-state index is 14.2. The second kappa shape index (κ2) is 9.43. The molecule has 1 heterocycles. The Hall–Kier alpha value is -3.07. The highest BCUT2D eigenvalue weighted by atomic mass is 35.5. The Morgan fingerprint density at radius 3 is 2.55 bits per heavy atom. The molecule has 0 radical (unpaired) electrons. The van der Waals surface area contributed by atoms with Crippen molar-refractivity contribution in [3.8, 4) is 5.69 Å². The number of fused-ring (bicyclic) bond motifs is 1. The van der Waals surface area contributed by atoms with Crippen LogP contribution < -0.4 is 10.9 Å². The van der Waals surface area contributed by atoms with Crippen LogP contribution in [0.2, 0.25) is 5.02 Å². The number of carbonyl (C=O) groups excluding carboxylic acids is 1. The molecule has 0 aliphatic heterocycles. The zero-order valence-corrected chi connectivity index (χ0v) is 19.2. The fraction of sp³-hybridized carbons (Fsp3) is 0.348. The van der Waals surface area contributed by atoms with Gasteiger partial charge in [-0.25, -0.2) is 22.9 Å². The first-order valence-corrected chi connectivity index (χ1v) is 10.6. The minimum absolute atomic E-state index is 0.0222. The first-order chi connectivity index (χ1) is 15.4. The van der Waals surface area contributed by atoms with Crippen molar-refractivity contribution in [2.24, 2.45) is 0 Å². The third-order valence-corrected chi connectivity index (χ3v) is 5.01. The van der Waals surface area contributed by atoms with Crippen molar-refractivity contribution in [3.05, 3.63) is 69.0 Å². The topological polar surface area (TPSA) is 73.2 Å². The SMILES string of the molecule is CCC(NC(=O)OC(C)(C)C)c1nc2cccc(Cl)c2c(=O)n1-c1cc(F)cc(C(F)F)c1. The number of ether oxygens (including phenoxy) is 1. The van der Waals surface area contributed by atoms with E-state index < -0.39 is 41.1 Å². The molecule has 1 atom stereocenters. The first kappa shape index (κ1) is 24.6. The van der Waals surface area contributed by atoms with Crippen LogP contribution in [0.15, 0.2) is 41.2 Å². The molecule has 0 aliphatic rings. The van der Waals surface area contributed by atoms with E-state index >= 15 is 0 Å². The number of hydrogen-bond donors (Lipinski definition) is 1. The molecular weight excluding hydrogens is 459 g/mol. The summed E-state index contributed by atoms with van der Waals surface area (Å²) in [5.41, 5.74) is -1.98. The molecule has 0 spiro atoms. The summed E-state index contributed by atoms with van der Waals surface area (Å²) in [4.78, 5) is 30.4. The van der Waals surface area contributed by atoms with Crippen molar-refractivity contribution in [1.29, 1.82) is 0 Å². The van der Waals surface area contributed by atoms with Crippen molar-refractivity contribution in [3.63, 3.8) is 0 Å². The third kappa shape index (κ3) is 5.47. The molecule has 1 amide bonds. The smallest absolute Gasteiger partial charge is 0.408 e. The van der Waals surface area contributed by atoms with E-state index in [1.54, 1.807) is 39.8 Å². The van der Waals surface area contributed by atoms with Crippen molar-refractivity contribution >= 4 is 28.6 Å². The van der Waals surface area contributed by atoms with E-state index in [2.05, 4.69) is 10.3 Å². The summed E-state index contributed by atoms with van der Waals surface area (Å²) in [6.07, 6.45) is -3.44. The Labute approximate surface area is 193 Å². The van der Waals surface area contributed by atoms with Crippen LogP contribution in [0.1, 0.15) is 58.0 Å². The van der Waals surface area contributed by atoms with Crippen molar-refractivity contribution < 1.29 is 22.7 Å². The minimum Gasteiger partial charge on any atom is -0.444 e. The Bertz CT molecular complexity index is 1260. The number of rotatable bonds is 5. The fourth-order valence-electron chi connectivity index (χ4n) is 3.34. The number of amides is 1. The number of alkyl halides is 2. The number of aromatic nitrogens is 2. The molecule has 0 bridgehead atoms. The largest absolute Gasteiger partial charge is 0.444 e. The van der Waals surface area contributed by atoms with E-state index in [9.17, 15) is 22.8 Å². The van der Waals surface area contributed by atoms with E-state index in [4.69, 9.17) is 16.3 Å². The summed E-state index contributed by atoms with van der Waals surface area (Å²) in [5, 5.41) is 2.79. The summed E-state index contributed by atoms with van der Waals surface area (Å²) in [6, 6.07) is 6.44. The van der Waals surface area contributed by atoms with Gasteiger partial charge in [-0.15, -0.1) is 0 Å².